The summed E-state index contributed by atoms with van der Waals surface area (Å²) in [5.74, 6) is -1.17. The summed E-state index contributed by atoms with van der Waals surface area (Å²) in [5.41, 5.74) is 1.23. The maximum absolute atomic E-state index is 12.2. The third kappa shape index (κ3) is 7.17. The van der Waals surface area contributed by atoms with Crippen molar-refractivity contribution in [3.8, 4) is 0 Å². The fourth-order valence-electron chi connectivity index (χ4n) is 2.34. The fourth-order valence-corrected chi connectivity index (χ4v) is 3.59. The predicted octanol–water partition coefficient (Wildman–Crippen LogP) is 2.96. The van der Waals surface area contributed by atoms with Crippen LogP contribution >= 0.6 is 0 Å². The van der Waals surface area contributed by atoms with Crippen LogP contribution in [0.4, 0.5) is 5.69 Å². The Morgan fingerprint density at radius 1 is 0.966 bits per heavy atom. The lowest BCUT2D eigenvalue weighted by molar-refractivity contribution is -0.148. The minimum atomic E-state index is -3.61. The Morgan fingerprint density at radius 3 is 2.17 bits per heavy atom. The number of esters is 1. The second-order valence-electron chi connectivity index (χ2n) is 6.61. The number of anilines is 1. The van der Waals surface area contributed by atoms with Gasteiger partial charge in [-0.1, -0.05) is 30.3 Å². The lowest BCUT2D eigenvalue weighted by Gasteiger charge is -2.13. The zero-order valence-corrected chi connectivity index (χ0v) is 17.3. The molecule has 8 heteroatoms. The van der Waals surface area contributed by atoms with Crippen molar-refractivity contribution < 1.29 is 22.7 Å². The molecule has 154 valence electrons. The standard InChI is InChI=1S/C21H24N2O5S/c1-15(2)23-29(26,27)19-12-10-18(11-13-19)22-21(25)16(3)28-20(24)14-9-17-7-5-4-6-8-17/h4-16,23H,1-3H3,(H,22,25)/b14-9+/t16-/m1/s1. The average molecular weight is 416 g/mol. The van der Waals surface area contributed by atoms with E-state index < -0.39 is 28.0 Å². The lowest BCUT2D eigenvalue weighted by Crippen LogP contribution is -2.30. The van der Waals surface area contributed by atoms with Crippen LogP contribution in [-0.4, -0.2) is 32.4 Å². The molecule has 29 heavy (non-hydrogen) atoms. The monoisotopic (exact) mass is 416 g/mol. The molecule has 0 saturated carbocycles. The van der Waals surface area contributed by atoms with Crippen molar-refractivity contribution in [2.45, 2.75) is 37.8 Å². The van der Waals surface area contributed by atoms with E-state index in [1.807, 2.05) is 30.3 Å². The van der Waals surface area contributed by atoms with Crippen LogP contribution in [0.3, 0.4) is 0 Å². The van der Waals surface area contributed by atoms with Crippen molar-refractivity contribution in [2.24, 2.45) is 0 Å². The zero-order valence-electron chi connectivity index (χ0n) is 16.5. The molecule has 1 atom stereocenters. The normalized spacial score (nSPS) is 12.7. The first-order chi connectivity index (χ1) is 13.7. The SMILES string of the molecule is CC(C)NS(=O)(=O)c1ccc(NC(=O)[C@@H](C)OC(=O)/C=C/c2ccccc2)cc1. The van der Waals surface area contributed by atoms with Gasteiger partial charge in [0.1, 0.15) is 0 Å². The first-order valence-electron chi connectivity index (χ1n) is 9.04. The first-order valence-corrected chi connectivity index (χ1v) is 10.5. The second kappa shape index (κ2) is 9.99. The molecule has 0 fully saturated rings. The van der Waals surface area contributed by atoms with Gasteiger partial charge in [-0.25, -0.2) is 17.9 Å². The molecule has 0 aliphatic carbocycles. The molecule has 0 heterocycles. The summed E-state index contributed by atoms with van der Waals surface area (Å²) in [6, 6.07) is 14.7. The molecule has 2 aromatic carbocycles. The van der Waals surface area contributed by atoms with Gasteiger partial charge in [-0.05, 0) is 56.7 Å². The number of hydrogen-bond donors (Lipinski definition) is 2. The summed E-state index contributed by atoms with van der Waals surface area (Å²) < 4.78 is 31.8. The molecule has 0 unspecified atom stereocenters. The fraction of sp³-hybridized carbons (Fsp3) is 0.238. The summed E-state index contributed by atoms with van der Waals surface area (Å²) in [7, 11) is -3.61. The second-order valence-corrected chi connectivity index (χ2v) is 8.33. The maximum atomic E-state index is 12.2. The van der Waals surface area contributed by atoms with Crippen molar-refractivity contribution in [1.29, 1.82) is 0 Å². The van der Waals surface area contributed by atoms with Gasteiger partial charge in [-0.3, -0.25) is 4.79 Å². The molecule has 0 aliphatic rings. The minimum absolute atomic E-state index is 0.0923. The summed E-state index contributed by atoms with van der Waals surface area (Å²) >= 11 is 0. The van der Waals surface area contributed by atoms with Crippen LogP contribution in [0.2, 0.25) is 0 Å². The van der Waals surface area contributed by atoms with E-state index in [-0.39, 0.29) is 10.9 Å². The molecule has 7 nitrogen and oxygen atoms in total. The highest BCUT2D eigenvalue weighted by molar-refractivity contribution is 7.89. The number of carbonyl (C=O) groups excluding carboxylic acids is 2. The number of sulfonamides is 1. The highest BCUT2D eigenvalue weighted by Gasteiger charge is 2.18. The van der Waals surface area contributed by atoms with Gasteiger partial charge in [0.05, 0.1) is 4.90 Å². The maximum Gasteiger partial charge on any atom is 0.331 e. The average Bonchev–Trinajstić information content (AvgIpc) is 2.66. The predicted molar refractivity (Wildman–Crippen MR) is 112 cm³/mol. The van der Waals surface area contributed by atoms with Crippen LogP contribution in [0.5, 0.6) is 0 Å². The number of ether oxygens (including phenoxy) is 1. The van der Waals surface area contributed by atoms with E-state index in [2.05, 4.69) is 10.0 Å². The summed E-state index contributed by atoms with van der Waals surface area (Å²) in [6.07, 6.45) is 1.83. The third-order valence-corrected chi connectivity index (χ3v) is 5.37. The summed E-state index contributed by atoms with van der Waals surface area (Å²) in [6.45, 7) is 4.91. The van der Waals surface area contributed by atoms with E-state index in [0.29, 0.717) is 5.69 Å². The Balaban J connectivity index is 1.92. The lowest BCUT2D eigenvalue weighted by atomic mass is 10.2. The molecule has 1 amide bonds. The van der Waals surface area contributed by atoms with Crippen LogP contribution in [0.1, 0.15) is 26.3 Å². The quantitative estimate of drug-likeness (QED) is 0.509. The Labute approximate surface area is 170 Å². The van der Waals surface area contributed by atoms with Crippen LogP contribution in [0.25, 0.3) is 6.08 Å². The van der Waals surface area contributed by atoms with Crippen molar-refractivity contribution in [3.63, 3.8) is 0 Å². The van der Waals surface area contributed by atoms with Crippen molar-refractivity contribution in [3.05, 3.63) is 66.2 Å². The molecule has 2 aromatic rings. The van der Waals surface area contributed by atoms with Crippen LogP contribution in [-0.2, 0) is 24.3 Å². The number of benzene rings is 2. The van der Waals surface area contributed by atoms with Gasteiger partial charge in [-0.15, -0.1) is 0 Å². The Bertz CT molecular complexity index is 968. The Kier molecular flexibility index (Phi) is 7.69. The van der Waals surface area contributed by atoms with Gasteiger partial charge >= 0.3 is 5.97 Å². The van der Waals surface area contributed by atoms with Crippen LogP contribution in [0, 0.1) is 0 Å². The summed E-state index contributed by atoms with van der Waals surface area (Å²) in [4.78, 5) is 24.2. The van der Waals surface area contributed by atoms with Gasteiger partial charge in [-0.2, -0.15) is 0 Å². The number of hydrogen-bond acceptors (Lipinski definition) is 5. The molecule has 2 rings (SSSR count). The number of carbonyl (C=O) groups is 2. The number of amides is 1. The molecule has 0 radical (unpaired) electrons. The molecule has 0 aromatic heterocycles. The summed E-state index contributed by atoms with van der Waals surface area (Å²) in [5, 5.41) is 2.58. The number of rotatable bonds is 8. The molecule has 0 spiro atoms. The van der Waals surface area contributed by atoms with Gasteiger partial charge in [0, 0.05) is 17.8 Å². The van der Waals surface area contributed by atoms with Crippen molar-refractivity contribution in [1.82, 2.24) is 4.72 Å². The van der Waals surface area contributed by atoms with Gasteiger partial charge in [0.15, 0.2) is 6.10 Å². The van der Waals surface area contributed by atoms with Crippen molar-refractivity contribution >= 4 is 33.7 Å². The smallest absolute Gasteiger partial charge is 0.331 e. The topological polar surface area (TPSA) is 102 Å². The van der Waals surface area contributed by atoms with Gasteiger partial charge < -0.3 is 10.1 Å². The molecule has 0 aliphatic heterocycles. The van der Waals surface area contributed by atoms with E-state index in [1.165, 1.54) is 37.3 Å². The zero-order chi connectivity index (χ0) is 21.4. The largest absolute Gasteiger partial charge is 0.449 e. The van der Waals surface area contributed by atoms with E-state index in [9.17, 15) is 18.0 Å². The van der Waals surface area contributed by atoms with Crippen LogP contribution < -0.4 is 10.0 Å². The molecular weight excluding hydrogens is 392 g/mol. The minimum Gasteiger partial charge on any atom is -0.449 e. The van der Waals surface area contributed by atoms with E-state index >= 15 is 0 Å². The van der Waals surface area contributed by atoms with Crippen molar-refractivity contribution in [2.75, 3.05) is 5.32 Å². The third-order valence-electron chi connectivity index (χ3n) is 3.70. The molecule has 2 N–H and O–H groups in total. The van der Waals surface area contributed by atoms with E-state index in [4.69, 9.17) is 4.74 Å². The van der Waals surface area contributed by atoms with Gasteiger partial charge in [0.2, 0.25) is 10.0 Å². The highest BCUT2D eigenvalue weighted by Crippen LogP contribution is 2.15. The van der Waals surface area contributed by atoms with Crippen LogP contribution in [0.15, 0.2) is 65.6 Å². The number of nitrogens with one attached hydrogen (secondary N) is 2. The Morgan fingerprint density at radius 2 is 1.59 bits per heavy atom. The first kappa shape index (κ1) is 22.3. The molecule has 0 saturated heterocycles. The molecular formula is C21H24N2O5S. The van der Waals surface area contributed by atoms with E-state index in [1.54, 1.807) is 19.9 Å². The van der Waals surface area contributed by atoms with Gasteiger partial charge in [0.25, 0.3) is 5.91 Å². The molecule has 0 bridgehead atoms. The Hall–Kier alpha value is -2.97. The van der Waals surface area contributed by atoms with E-state index in [0.717, 1.165) is 5.56 Å². The highest BCUT2D eigenvalue weighted by atomic mass is 32.2.